The number of hydrogen-bond acceptors (Lipinski definition) is 5. The molecular weight excluding hydrogens is 280 g/mol. The first-order valence-electron chi connectivity index (χ1n) is 7.90. The third-order valence-corrected chi connectivity index (χ3v) is 4.04. The number of amides is 1. The van der Waals surface area contributed by atoms with E-state index in [1.165, 1.54) is 0 Å². The summed E-state index contributed by atoms with van der Waals surface area (Å²) in [7, 11) is 0. The zero-order valence-electron chi connectivity index (χ0n) is 13.6. The van der Waals surface area contributed by atoms with Crippen molar-refractivity contribution in [3.05, 3.63) is 17.8 Å². The summed E-state index contributed by atoms with van der Waals surface area (Å²) >= 11 is 0. The molecule has 1 saturated carbocycles. The van der Waals surface area contributed by atoms with Gasteiger partial charge in [0.1, 0.15) is 0 Å². The molecule has 1 aromatic rings. The van der Waals surface area contributed by atoms with Crippen LogP contribution in [0.2, 0.25) is 0 Å². The highest BCUT2D eigenvalue weighted by Crippen LogP contribution is 2.30. The minimum absolute atomic E-state index is 0.0565. The van der Waals surface area contributed by atoms with Crippen LogP contribution in [-0.4, -0.2) is 26.8 Å². The Morgan fingerprint density at radius 3 is 2.45 bits per heavy atom. The summed E-state index contributed by atoms with van der Waals surface area (Å²) < 4.78 is 0. The molecule has 0 unspecified atom stereocenters. The number of carbonyl (C=O) groups is 1. The summed E-state index contributed by atoms with van der Waals surface area (Å²) in [5.74, 6) is 0.253. The Balaban J connectivity index is 1.83. The zero-order valence-corrected chi connectivity index (χ0v) is 13.6. The van der Waals surface area contributed by atoms with Crippen LogP contribution in [-0.2, 0) is 10.2 Å². The summed E-state index contributed by atoms with van der Waals surface area (Å²) in [4.78, 5) is 11.9. The monoisotopic (exact) mass is 306 g/mol. The van der Waals surface area contributed by atoms with Crippen LogP contribution >= 0.6 is 0 Å². The van der Waals surface area contributed by atoms with Gasteiger partial charge in [-0.05, 0) is 25.0 Å². The molecule has 6 heteroatoms. The Bertz CT molecular complexity index is 502. The SMILES string of the molecule is CC(C)(C)c1ccc(NNC(=O)CC2(O)CCCCC2)nn1. The normalized spacial score (nSPS) is 17.8. The average molecular weight is 306 g/mol. The number of aliphatic hydroxyl groups is 1. The topological polar surface area (TPSA) is 87.1 Å². The maximum atomic E-state index is 11.9. The fourth-order valence-electron chi connectivity index (χ4n) is 2.66. The minimum atomic E-state index is -0.855. The van der Waals surface area contributed by atoms with Crippen LogP contribution in [0, 0.1) is 0 Å². The van der Waals surface area contributed by atoms with Crippen molar-refractivity contribution < 1.29 is 9.90 Å². The number of carbonyl (C=O) groups excluding carboxylic acids is 1. The molecule has 1 heterocycles. The van der Waals surface area contributed by atoms with Gasteiger partial charge in [-0.15, -0.1) is 5.10 Å². The molecule has 0 atom stereocenters. The molecule has 122 valence electrons. The molecule has 0 aromatic carbocycles. The number of hydrogen-bond donors (Lipinski definition) is 3. The zero-order chi connectivity index (χ0) is 16.2. The van der Waals surface area contributed by atoms with Crippen LogP contribution in [0.4, 0.5) is 5.82 Å². The highest BCUT2D eigenvalue weighted by Gasteiger charge is 2.31. The van der Waals surface area contributed by atoms with Crippen molar-refractivity contribution >= 4 is 11.7 Å². The van der Waals surface area contributed by atoms with Gasteiger partial charge in [0.05, 0.1) is 17.7 Å². The van der Waals surface area contributed by atoms with E-state index in [1.54, 1.807) is 6.07 Å². The number of aromatic nitrogens is 2. The van der Waals surface area contributed by atoms with Gasteiger partial charge < -0.3 is 5.11 Å². The van der Waals surface area contributed by atoms with E-state index in [4.69, 9.17) is 0 Å². The average Bonchev–Trinajstić information content (AvgIpc) is 2.45. The Morgan fingerprint density at radius 2 is 1.91 bits per heavy atom. The molecule has 6 nitrogen and oxygen atoms in total. The van der Waals surface area contributed by atoms with Gasteiger partial charge >= 0.3 is 0 Å². The molecular formula is C16H26N4O2. The van der Waals surface area contributed by atoms with E-state index in [9.17, 15) is 9.90 Å². The lowest BCUT2D eigenvalue weighted by Crippen LogP contribution is -2.40. The predicted molar refractivity (Wildman–Crippen MR) is 85.1 cm³/mol. The fraction of sp³-hybridized carbons (Fsp3) is 0.688. The second kappa shape index (κ2) is 6.60. The minimum Gasteiger partial charge on any atom is -0.389 e. The molecule has 0 aliphatic heterocycles. The Kier molecular flexibility index (Phi) is 5.01. The van der Waals surface area contributed by atoms with E-state index in [0.717, 1.165) is 25.0 Å². The molecule has 1 amide bonds. The first-order valence-corrected chi connectivity index (χ1v) is 7.90. The van der Waals surface area contributed by atoms with Gasteiger partial charge in [-0.1, -0.05) is 40.0 Å². The van der Waals surface area contributed by atoms with Crippen LogP contribution in [0.3, 0.4) is 0 Å². The second-order valence-corrected chi connectivity index (χ2v) is 7.19. The largest absolute Gasteiger partial charge is 0.389 e. The predicted octanol–water partition coefficient (Wildman–Crippen LogP) is 2.30. The third-order valence-electron chi connectivity index (χ3n) is 4.04. The number of anilines is 1. The number of nitrogens with zero attached hydrogens (tertiary/aromatic N) is 2. The van der Waals surface area contributed by atoms with E-state index >= 15 is 0 Å². The van der Waals surface area contributed by atoms with Gasteiger partial charge in [0.2, 0.25) is 5.91 Å². The molecule has 1 aromatic heterocycles. The highest BCUT2D eigenvalue weighted by atomic mass is 16.3. The van der Waals surface area contributed by atoms with E-state index in [2.05, 4.69) is 41.8 Å². The van der Waals surface area contributed by atoms with Gasteiger partial charge in [0.15, 0.2) is 5.82 Å². The molecule has 0 radical (unpaired) electrons. The summed E-state index contributed by atoms with van der Waals surface area (Å²) in [6, 6.07) is 3.67. The number of hydrazine groups is 1. The van der Waals surface area contributed by atoms with Crippen molar-refractivity contribution in [2.75, 3.05) is 5.43 Å². The lowest BCUT2D eigenvalue weighted by atomic mass is 9.82. The number of nitrogens with one attached hydrogen (secondary N) is 2. The summed E-state index contributed by atoms with van der Waals surface area (Å²) in [6.07, 6.45) is 4.61. The Hall–Kier alpha value is -1.69. The van der Waals surface area contributed by atoms with Crippen LogP contribution in [0.15, 0.2) is 12.1 Å². The molecule has 1 fully saturated rings. The number of rotatable bonds is 4. The summed E-state index contributed by atoms with van der Waals surface area (Å²) in [5.41, 5.74) is 5.30. The second-order valence-electron chi connectivity index (χ2n) is 7.19. The van der Waals surface area contributed by atoms with Crippen LogP contribution in [0.25, 0.3) is 0 Å². The fourth-order valence-corrected chi connectivity index (χ4v) is 2.66. The lowest BCUT2D eigenvalue weighted by molar-refractivity contribution is -0.126. The highest BCUT2D eigenvalue weighted by molar-refractivity contribution is 5.78. The Labute approximate surface area is 131 Å². The molecule has 22 heavy (non-hydrogen) atoms. The molecule has 2 rings (SSSR count). The van der Waals surface area contributed by atoms with Crippen LogP contribution in [0.5, 0.6) is 0 Å². The maximum absolute atomic E-state index is 11.9. The van der Waals surface area contributed by atoms with Crippen molar-refractivity contribution in [2.24, 2.45) is 0 Å². The lowest BCUT2D eigenvalue weighted by Gasteiger charge is -2.31. The van der Waals surface area contributed by atoms with Crippen molar-refractivity contribution in [3.63, 3.8) is 0 Å². The summed E-state index contributed by atoms with van der Waals surface area (Å²) in [5, 5.41) is 18.5. The van der Waals surface area contributed by atoms with E-state index in [-0.39, 0.29) is 17.7 Å². The molecule has 0 bridgehead atoms. The first-order chi connectivity index (χ1) is 10.3. The molecule has 1 aliphatic rings. The van der Waals surface area contributed by atoms with Gasteiger partial charge in [0.25, 0.3) is 0 Å². The van der Waals surface area contributed by atoms with E-state index in [0.29, 0.717) is 18.7 Å². The quantitative estimate of drug-likeness (QED) is 0.743. The van der Waals surface area contributed by atoms with Crippen molar-refractivity contribution in [1.29, 1.82) is 0 Å². The van der Waals surface area contributed by atoms with Gasteiger partial charge in [-0.2, -0.15) is 5.10 Å². The molecule has 3 N–H and O–H groups in total. The van der Waals surface area contributed by atoms with E-state index in [1.807, 2.05) is 6.07 Å². The van der Waals surface area contributed by atoms with Gasteiger partial charge in [0, 0.05) is 5.41 Å². The van der Waals surface area contributed by atoms with Crippen molar-refractivity contribution in [2.45, 2.75) is 70.3 Å². The molecule has 0 saturated heterocycles. The molecule has 1 aliphatic carbocycles. The standard InChI is InChI=1S/C16H26N4O2/c1-15(2,3)12-7-8-13(18-17-12)19-20-14(21)11-16(22)9-5-4-6-10-16/h7-8,22H,4-6,9-11H2,1-3H3,(H,18,19)(H,20,21). The van der Waals surface area contributed by atoms with Crippen LogP contribution < -0.4 is 10.9 Å². The van der Waals surface area contributed by atoms with Crippen molar-refractivity contribution in [3.8, 4) is 0 Å². The first kappa shape index (κ1) is 16.7. The van der Waals surface area contributed by atoms with Crippen LogP contribution in [0.1, 0.15) is 65.0 Å². The third kappa shape index (κ3) is 4.66. The van der Waals surface area contributed by atoms with Crippen molar-refractivity contribution in [1.82, 2.24) is 15.6 Å². The Morgan fingerprint density at radius 1 is 1.23 bits per heavy atom. The smallest absolute Gasteiger partial charge is 0.241 e. The van der Waals surface area contributed by atoms with Gasteiger partial charge in [-0.25, -0.2) is 0 Å². The molecule has 0 spiro atoms. The summed E-state index contributed by atoms with van der Waals surface area (Å²) in [6.45, 7) is 6.20. The van der Waals surface area contributed by atoms with E-state index < -0.39 is 5.60 Å². The maximum Gasteiger partial charge on any atom is 0.241 e. The van der Waals surface area contributed by atoms with Gasteiger partial charge in [-0.3, -0.25) is 15.6 Å².